The normalized spacial score (nSPS) is 12.4. The van der Waals surface area contributed by atoms with Crippen molar-refractivity contribution < 1.29 is 13.9 Å². The summed E-state index contributed by atoms with van der Waals surface area (Å²) in [5, 5.41) is 9.87. The van der Waals surface area contributed by atoms with E-state index in [1.807, 2.05) is 0 Å². The maximum absolute atomic E-state index is 13.4. The molecule has 0 spiro atoms. The van der Waals surface area contributed by atoms with Crippen molar-refractivity contribution in [2.75, 3.05) is 0 Å². The third kappa shape index (κ3) is 3.34. The van der Waals surface area contributed by atoms with Gasteiger partial charge in [0.15, 0.2) is 0 Å². The van der Waals surface area contributed by atoms with Gasteiger partial charge in [0, 0.05) is 24.9 Å². The summed E-state index contributed by atoms with van der Waals surface area (Å²) in [6.45, 7) is 0. The molecule has 0 radical (unpaired) electrons. The molecule has 2 rings (SSSR count). The number of pyridine rings is 1. The fraction of sp³-hybridized carbons (Fsp3) is 0.214. The Hall–Kier alpha value is -1.81. The number of aliphatic hydroxyl groups is 1. The van der Waals surface area contributed by atoms with Crippen LogP contribution in [0.25, 0.3) is 0 Å². The van der Waals surface area contributed by atoms with Crippen LogP contribution >= 0.6 is 0 Å². The molecule has 0 bridgehead atoms. The average molecular weight is 249 g/mol. The Morgan fingerprint density at radius 3 is 2.44 bits per heavy atom. The number of benzene rings is 1. The Kier molecular flexibility index (Phi) is 3.99. The Morgan fingerprint density at radius 1 is 1.06 bits per heavy atom. The highest BCUT2D eigenvalue weighted by Gasteiger charge is 2.11. The van der Waals surface area contributed by atoms with Crippen LogP contribution in [-0.4, -0.2) is 16.2 Å². The number of rotatable bonds is 4. The lowest BCUT2D eigenvalue weighted by molar-refractivity contribution is 0.174. The summed E-state index contributed by atoms with van der Waals surface area (Å²) in [6.07, 6.45) is 3.15. The summed E-state index contributed by atoms with van der Waals surface area (Å²) >= 11 is 0. The second-order valence-electron chi connectivity index (χ2n) is 4.15. The van der Waals surface area contributed by atoms with Gasteiger partial charge in [0.25, 0.3) is 0 Å². The van der Waals surface area contributed by atoms with Gasteiger partial charge in [0.2, 0.25) is 0 Å². The predicted octanol–water partition coefficient (Wildman–Crippen LogP) is 2.51. The summed E-state index contributed by atoms with van der Waals surface area (Å²) < 4.78 is 26.1. The summed E-state index contributed by atoms with van der Waals surface area (Å²) in [6, 6.07) is 6.97. The summed E-state index contributed by atoms with van der Waals surface area (Å²) in [4.78, 5) is 3.88. The summed E-state index contributed by atoms with van der Waals surface area (Å²) in [7, 11) is 0. The molecular weight excluding hydrogens is 236 g/mol. The van der Waals surface area contributed by atoms with E-state index >= 15 is 0 Å². The van der Waals surface area contributed by atoms with Crippen LogP contribution in [0.4, 0.5) is 8.78 Å². The van der Waals surface area contributed by atoms with Crippen molar-refractivity contribution in [3.8, 4) is 0 Å². The molecule has 0 saturated carbocycles. The molecule has 0 saturated heterocycles. The molecule has 0 aliphatic heterocycles. The van der Waals surface area contributed by atoms with Gasteiger partial charge in [-0.1, -0.05) is 6.07 Å². The summed E-state index contributed by atoms with van der Waals surface area (Å²) in [5.41, 5.74) is 1.25. The van der Waals surface area contributed by atoms with E-state index in [0.717, 1.165) is 11.6 Å². The maximum atomic E-state index is 13.4. The molecule has 1 N–H and O–H groups in total. The highest BCUT2D eigenvalue weighted by atomic mass is 19.1. The van der Waals surface area contributed by atoms with Gasteiger partial charge >= 0.3 is 0 Å². The van der Waals surface area contributed by atoms with Gasteiger partial charge in [-0.3, -0.25) is 4.98 Å². The smallest absolute Gasteiger partial charge is 0.129 e. The first kappa shape index (κ1) is 12.6. The molecule has 0 aliphatic carbocycles. The molecule has 0 amide bonds. The minimum absolute atomic E-state index is 0.161. The molecule has 1 atom stereocenters. The fourth-order valence-corrected chi connectivity index (χ4v) is 1.80. The lowest BCUT2D eigenvalue weighted by Gasteiger charge is -2.11. The Labute approximate surface area is 104 Å². The van der Waals surface area contributed by atoms with Crippen LogP contribution in [0.1, 0.15) is 11.1 Å². The van der Waals surface area contributed by atoms with Crippen LogP contribution in [0, 0.1) is 11.6 Å². The number of aliphatic hydroxyl groups excluding tert-OH is 1. The molecule has 1 aromatic carbocycles. The number of halogens is 2. The lowest BCUT2D eigenvalue weighted by atomic mass is 10.0. The maximum Gasteiger partial charge on any atom is 0.129 e. The average Bonchev–Trinajstić information content (AvgIpc) is 2.34. The van der Waals surface area contributed by atoms with Crippen LogP contribution < -0.4 is 0 Å². The fourth-order valence-electron chi connectivity index (χ4n) is 1.80. The van der Waals surface area contributed by atoms with Crippen molar-refractivity contribution in [3.05, 3.63) is 65.5 Å². The van der Waals surface area contributed by atoms with E-state index < -0.39 is 17.7 Å². The van der Waals surface area contributed by atoms with Crippen molar-refractivity contribution >= 4 is 0 Å². The standard InChI is InChI=1S/C14H13F2NO/c15-12-2-1-11(14(16)9-12)8-13(18)7-10-3-5-17-6-4-10/h1-6,9,13,18H,7-8H2. The SMILES string of the molecule is OC(Cc1ccncc1)Cc1ccc(F)cc1F. The van der Waals surface area contributed by atoms with E-state index in [1.165, 1.54) is 12.1 Å². The zero-order chi connectivity index (χ0) is 13.0. The van der Waals surface area contributed by atoms with Crippen LogP contribution in [-0.2, 0) is 12.8 Å². The molecule has 1 heterocycles. The third-order valence-corrected chi connectivity index (χ3v) is 2.69. The van der Waals surface area contributed by atoms with Crippen LogP contribution in [0.3, 0.4) is 0 Å². The van der Waals surface area contributed by atoms with E-state index in [-0.39, 0.29) is 6.42 Å². The zero-order valence-electron chi connectivity index (χ0n) is 9.68. The molecular formula is C14H13F2NO. The third-order valence-electron chi connectivity index (χ3n) is 2.69. The van der Waals surface area contributed by atoms with Crippen molar-refractivity contribution in [1.82, 2.24) is 4.98 Å². The van der Waals surface area contributed by atoms with E-state index in [1.54, 1.807) is 24.5 Å². The van der Waals surface area contributed by atoms with Crippen molar-refractivity contribution in [1.29, 1.82) is 0 Å². The first-order chi connectivity index (χ1) is 8.65. The molecule has 1 aromatic heterocycles. The second kappa shape index (κ2) is 5.69. The quantitative estimate of drug-likeness (QED) is 0.903. The molecule has 0 fully saturated rings. The number of nitrogens with zero attached hydrogens (tertiary/aromatic N) is 1. The van der Waals surface area contributed by atoms with Crippen molar-refractivity contribution in [2.24, 2.45) is 0 Å². The molecule has 18 heavy (non-hydrogen) atoms. The zero-order valence-corrected chi connectivity index (χ0v) is 9.68. The van der Waals surface area contributed by atoms with Gasteiger partial charge in [-0.15, -0.1) is 0 Å². The number of hydrogen-bond donors (Lipinski definition) is 1. The topological polar surface area (TPSA) is 33.1 Å². The minimum Gasteiger partial charge on any atom is -0.392 e. The molecule has 2 aromatic rings. The van der Waals surface area contributed by atoms with E-state index in [9.17, 15) is 13.9 Å². The van der Waals surface area contributed by atoms with Crippen LogP contribution in [0.15, 0.2) is 42.7 Å². The van der Waals surface area contributed by atoms with Gasteiger partial charge in [-0.05, 0) is 35.7 Å². The predicted molar refractivity (Wildman–Crippen MR) is 64.0 cm³/mol. The second-order valence-corrected chi connectivity index (χ2v) is 4.15. The molecule has 0 aliphatic rings. The van der Waals surface area contributed by atoms with E-state index in [0.29, 0.717) is 12.0 Å². The van der Waals surface area contributed by atoms with Gasteiger partial charge in [-0.25, -0.2) is 8.78 Å². The highest BCUT2D eigenvalue weighted by Crippen LogP contribution is 2.13. The largest absolute Gasteiger partial charge is 0.392 e. The van der Waals surface area contributed by atoms with Gasteiger partial charge in [0.05, 0.1) is 6.10 Å². The molecule has 94 valence electrons. The minimum atomic E-state index is -0.702. The van der Waals surface area contributed by atoms with Gasteiger partial charge < -0.3 is 5.11 Å². The summed E-state index contributed by atoms with van der Waals surface area (Å²) in [5.74, 6) is -1.23. The molecule has 4 heteroatoms. The number of hydrogen-bond acceptors (Lipinski definition) is 2. The Bertz CT molecular complexity index is 516. The first-order valence-electron chi connectivity index (χ1n) is 5.66. The Balaban J connectivity index is 2.01. The molecule has 2 nitrogen and oxygen atoms in total. The highest BCUT2D eigenvalue weighted by molar-refractivity contribution is 5.20. The Morgan fingerprint density at radius 2 is 1.78 bits per heavy atom. The van der Waals surface area contributed by atoms with Crippen LogP contribution in [0.2, 0.25) is 0 Å². The monoisotopic (exact) mass is 249 g/mol. The van der Waals surface area contributed by atoms with Gasteiger partial charge in [0.1, 0.15) is 11.6 Å². The van der Waals surface area contributed by atoms with E-state index in [2.05, 4.69) is 4.98 Å². The first-order valence-corrected chi connectivity index (χ1v) is 5.66. The number of aromatic nitrogens is 1. The van der Waals surface area contributed by atoms with Gasteiger partial charge in [-0.2, -0.15) is 0 Å². The van der Waals surface area contributed by atoms with Crippen molar-refractivity contribution in [3.63, 3.8) is 0 Å². The van der Waals surface area contributed by atoms with E-state index in [4.69, 9.17) is 0 Å². The lowest BCUT2D eigenvalue weighted by Crippen LogP contribution is -2.15. The van der Waals surface area contributed by atoms with Crippen LogP contribution in [0.5, 0.6) is 0 Å². The van der Waals surface area contributed by atoms with Crippen molar-refractivity contribution in [2.45, 2.75) is 18.9 Å². The molecule has 1 unspecified atom stereocenters.